The Bertz CT molecular complexity index is 1010. The van der Waals surface area contributed by atoms with Gasteiger partial charge in [-0.3, -0.25) is 4.79 Å². The number of rotatable bonds is 5. The van der Waals surface area contributed by atoms with Crippen molar-refractivity contribution in [3.63, 3.8) is 0 Å². The summed E-state index contributed by atoms with van der Waals surface area (Å²) >= 11 is 0. The third-order valence-electron chi connectivity index (χ3n) is 4.18. The molecular weight excluding hydrogens is 385 g/mol. The first-order chi connectivity index (χ1) is 13.8. The standard InChI is InChI=1S/C21H17F3N2O3/c1-26-12-6-11-17(26)20(28)29-18(14-7-3-2-4-8-14)19(27)25-16-10-5-9-15(13-16)21(22,23)24/h2-13,18H,1H3,(H,25,27)/t18-/m1/s1. The average Bonchev–Trinajstić information content (AvgIpc) is 3.12. The van der Waals surface area contributed by atoms with Crippen LogP contribution in [0.1, 0.15) is 27.7 Å². The maximum atomic E-state index is 12.9. The molecule has 1 heterocycles. The normalized spacial score (nSPS) is 12.3. The van der Waals surface area contributed by atoms with Crippen molar-refractivity contribution < 1.29 is 27.5 Å². The number of halogens is 3. The number of hydrogen-bond donors (Lipinski definition) is 1. The number of aryl methyl sites for hydroxylation is 1. The molecule has 3 aromatic rings. The van der Waals surface area contributed by atoms with Crippen LogP contribution in [0, 0.1) is 0 Å². The second-order valence-electron chi connectivity index (χ2n) is 6.27. The molecule has 0 radical (unpaired) electrons. The molecule has 0 unspecified atom stereocenters. The average molecular weight is 402 g/mol. The Hall–Kier alpha value is -3.55. The number of hydrogen-bond acceptors (Lipinski definition) is 3. The summed E-state index contributed by atoms with van der Waals surface area (Å²) in [7, 11) is 1.65. The molecule has 0 aliphatic rings. The summed E-state index contributed by atoms with van der Waals surface area (Å²) in [5, 5.41) is 2.40. The molecule has 0 saturated heterocycles. The van der Waals surface area contributed by atoms with Gasteiger partial charge in [0, 0.05) is 24.5 Å². The van der Waals surface area contributed by atoms with E-state index in [1.807, 2.05) is 0 Å². The molecule has 8 heteroatoms. The minimum absolute atomic E-state index is 0.0549. The summed E-state index contributed by atoms with van der Waals surface area (Å²) in [5.41, 5.74) is -0.328. The molecule has 0 bridgehead atoms. The van der Waals surface area contributed by atoms with Gasteiger partial charge in [-0.15, -0.1) is 0 Å². The van der Waals surface area contributed by atoms with Crippen molar-refractivity contribution in [1.82, 2.24) is 4.57 Å². The lowest BCUT2D eigenvalue weighted by Crippen LogP contribution is -2.26. The molecule has 3 rings (SSSR count). The van der Waals surface area contributed by atoms with Gasteiger partial charge in [0.1, 0.15) is 5.69 Å². The Morgan fingerprint density at radius 3 is 2.34 bits per heavy atom. The lowest BCUT2D eigenvalue weighted by Gasteiger charge is -2.19. The first-order valence-electron chi connectivity index (χ1n) is 8.61. The lowest BCUT2D eigenvalue weighted by atomic mass is 10.1. The van der Waals surface area contributed by atoms with E-state index in [0.29, 0.717) is 5.56 Å². The third kappa shape index (κ3) is 4.84. The summed E-state index contributed by atoms with van der Waals surface area (Å²) < 4.78 is 45.7. The molecule has 0 spiro atoms. The summed E-state index contributed by atoms with van der Waals surface area (Å²) in [5.74, 6) is -1.50. The fourth-order valence-electron chi connectivity index (χ4n) is 2.72. The van der Waals surface area contributed by atoms with Crippen LogP contribution < -0.4 is 5.32 Å². The third-order valence-corrected chi connectivity index (χ3v) is 4.18. The second-order valence-corrected chi connectivity index (χ2v) is 6.27. The van der Waals surface area contributed by atoms with Crippen molar-refractivity contribution in [2.45, 2.75) is 12.3 Å². The van der Waals surface area contributed by atoms with Gasteiger partial charge in [-0.05, 0) is 30.3 Å². The molecule has 0 aliphatic carbocycles. The van der Waals surface area contributed by atoms with Crippen molar-refractivity contribution in [2.24, 2.45) is 7.05 Å². The maximum Gasteiger partial charge on any atom is 0.416 e. The fourth-order valence-corrected chi connectivity index (χ4v) is 2.72. The van der Waals surface area contributed by atoms with E-state index in [4.69, 9.17) is 4.74 Å². The van der Waals surface area contributed by atoms with Crippen LogP contribution in [-0.4, -0.2) is 16.4 Å². The predicted octanol–water partition coefficient (Wildman–Crippen LogP) is 4.58. The number of ether oxygens (including phenoxy) is 1. The van der Waals surface area contributed by atoms with Crippen molar-refractivity contribution in [1.29, 1.82) is 0 Å². The number of carbonyl (C=O) groups excluding carboxylic acids is 2. The number of aromatic nitrogens is 1. The molecule has 150 valence electrons. The summed E-state index contributed by atoms with van der Waals surface area (Å²) in [4.78, 5) is 25.3. The maximum absolute atomic E-state index is 12.9. The van der Waals surface area contributed by atoms with Gasteiger partial charge in [-0.2, -0.15) is 13.2 Å². The predicted molar refractivity (Wildman–Crippen MR) is 100 cm³/mol. The first-order valence-corrected chi connectivity index (χ1v) is 8.61. The van der Waals surface area contributed by atoms with E-state index in [2.05, 4.69) is 5.32 Å². The second kappa shape index (κ2) is 8.22. The Labute approximate surface area is 164 Å². The summed E-state index contributed by atoms with van der Waals surface area (Å²) in [6, 6.07) is 15.7. The van der Waals surface area contributed by atoms with E-state index < -0.39 is 29.7 Å². The lowest BCUT2D eigenvalue weighted by molar-refractivity contribution is -0.137. The van der Waals surface area contributed by atoms with Crippen LogP contribution in [0.4, 0.5) is 18.9 Å². The number of benzene rings is 2. The molecule has 0 fully saturated rings. The van der Waals surface area contributed by atoms with E-state index in [1.165, 1.54) is 22.8 Å². The van der Waals surface area contributed by atoms with Gasteiger partial charge in [0.05, 0.1) is 5.56 Å². The van der Waals surface area contributed by atoms with Crippen LogP contribution in [0.3, 0.4) is 0 Å². The van der Waals surface area contributed by atoms with Gasteiger partial charge in [0.15, 0.2) is 0 Å². The smallest absolute Gasteiger partial charge is 0.416 e. The van der Waals surface area contributed by atoms with Gasteiger partial charge in [-0.25, -0.2) is 4.79 Å². The van der Waals surface area contributed by atoms with Gasteiger partial charge in [0.25, 0.3) is 5.91 Å². The summed E-state index contributed by atoms with van der Waals surface area (Å²) in [6.07, 6.45) is -4.23. The Balaban J connectivity index is 1.86. The molecule has 0 saturated carbocycles. The minimum atomic E-state index is -4.54. The number of alkyl halides is 3. The molecule has 0 aliphatic heterocycles. The first kappa shape index (κ1) is 20.2. The number of nitrogens with zero attached hydrogens (tertiary/aromatic N) is 1. The van der Waals surface area contributed by atoms with Crippen molar-refractivity contribution in [3.8, 4) is 0 Å². The molecule has 1 aromatic heterocycles. The fraction of sp³-hybridized carbons (Fsp3) is 0.143. The molecule has 2 aromatic carbocycles. The van der Waals surface area contributed by atoms with Gasteiger partial charge in [0.2, 0.25) is 6.10 Å². The number of nitrogens with one attached hydrogen (secondary N) is 1. The molecule has 29 heavy (non-hydrogen) atoms. The molecule has 5 nitrogen and oxygen atoms in total. The van der Waals surface area contributed by atoms with Gasteiger partial charge >= 0.3 is 12.1 Å². The topological polar surface area (TPSA) is 60.3 Å². The number of anilines is 1. The van der Waals surface area contributed by atoms with Crippen LogP contribution in [-0.2, 0) is 22.8 Å². The van der Waals surface area contributed by atoms with Crippen LogP contribution in [0.2, 0.25) is 0 Å². The Morgan fingerprint density at radius 2 is 1.72 bits per heavy atom. The Morgan fingerprint density at radius 1 is 1.00 bits per heavy atom. The zero-order valence-corrected chi connectivity index (χ0v) is 15.3. The SMILES string of the molecule is Cn1cccc1C(=O)O[C@@H](C(=O)Nc1cccc(C(F)(F)F)c1)c1ccccc1. The zero-order chi connectivity index (χ0) is 21.0. The number of amides is 1. The highest BCUT2D eigenvalue weighted by Gasteiger charge is 2.31. The molecule has 1 amide bonds. The van der Waals surface area contributed by atoms with Crippen LogP contribution in [0.15, 0.2) is 72.9 Å². The quantitative estimate of drug-likeness (QED) is 0.636. The molecule has 1 atom stereocenters. The highest BCUT2D eigenvalue weighted by Crippen LogP contribution is 2.31. The number of carbonyl (C=O) groups is 2. The zero-order valence-electron chi connectivity index (χ0n) is 15.3. The molecular formula is C21H17F3N2O3. The highest BCUT2D eigenvalue weighted by atomic mass is 19.4. The van der Waals surface area contributed by atoms with E-state index >= 15 is 0 Å². The molecule has 1 N–H and O–H groups in total. The van der Waals surface area contributed by atoms with Crippen molar-refractivity contribution >= 4 is 17.6 Å². The highest BCUT2D eigenvalue weighted by molar-refractivity contribution is 5.97. The van der Waals surface area contributed by atoms with E-state index in [0.717, 1.165) is 12.1 Å². The van der Waals surface area contributed by atoms with E-state index in [1.54, 1.807) is 49.6 Å². The number of esters is 1. The van der Waals surface area contributed by atoms with Crippen LogP contribution >= 0.6 is 0 Å². The monoisotopic (exact) mass is 402 g/mol. The Kier molecular flexibility index (Phi) is 5.72. The van der Waals surface area contributed by atoms with Gasteiger partial charge in [-0.1, -0.05) is 36.4 Å². The van der Waals surface area contributed by atoms with E-state index in [-0.39, 0.29) is 11.4 Å². The summed E-state index contributed by atoms with van der Waals surface area (Å²) in [6.45, 7) is 0. The van der Waals surface area contributed by atoms with Crippen molar-refractivity contribution in [3.05, 3.63) is 89.7 Å². The van der Waals surface area contributed by atoms with E-state index in [9.17, 15) is 22.8 Å². The largest absolute Gasteiger partial charge is 0.443 e. The van der Waals surface area contributed by atoms with Crippen LogP contribution in [0.25, 0.3) is 0 Å². The van der Waals surface area contributed by atoms with Crippen LogP contribution in [0.5, 0.6) is 0 Å². The van der Waals surface area contributed by atoms with Crippen molar-refractivity contribution in [2.75, 3.05) is 5.32 Å². The minimum Gasteiger partial charge on any atom is -0.443 e. The van der Waals surface area contributed by atoms with Gasteiger partial charge < -0.3 is 14.6 Å².